The Morgan fingerprint density at radius 3 is 2.62 bits per heavy atom. The third-order valence-electron chi connectivity index (χ3n) is 3.70. The first-order valence-corrected chi connectivity index (χ1v) is 8.35. The van der Waals surface area contributed by atoms with Crippen LogP contribution in [0.3, 0.4) is 0 Å². The largest absolute Gasteiger partial charge is 0.319 e. The lowest BCUT2D eigenvalue weighted by Gasteiger charge is -2.08. The molecule has 0 unspecified atom stereocenters. The molecule has 0 atom stereocenters. The first-order valence-electron chi connectivity index (χ1n) is 7.47. The summed E-state index contributed by atoms with van der Waals surface area (Å²) >= 11 is 1.46. The van der Waals surface area contributed by atoms with E-state index in [1.165, 1.54) is 11.3 Å². The summed E-state index contributed by atoms with van der Waals surface area (Å²) in [6.45, 7) is 0. The van der Waals surface area contributed by atoms with Gasteiger partial charge in [-0.3, -0.25) is 9.78 Å². The minimum absolute atomic E-state index is 0.228. The van der Waals surface area contributed by atoms with E-state index in [2.05, 4.69) is 15.3 Å². The van der Waals surface area contributed by atoms with Crippen molar-refractivity contribution >= 4 is 33.8 Å². The number of carbonyl (C=O) groups excluding carboxylic acids is 1. The van der Waals surface area contributed by atoms with Gasteiger partial charge in [0.15, 0.2) is 0 Å². The highest BCUT2D eigenvalue weighted by atomic mass is 32.1. The number of rotatable bonds is 3. The summed E-state index contributed by atoms with van der Waals surface area (Å²) in [6, 6.07) is 19.4. The second-order valence-corrected chi connectivity index (χ2v) is 6.09. The Morgan fingerprint density at radius 2 is 1.75 bits per heavy atom. The van der Waals surface area contributed by atoms with E-state index in [4.69, 9.17) is 0 Å². The molecule has 0 fully saturated rings. The van der Waals surface area contributed by atoms with Crippen LogP contribution in [-0.4, -0.2) is 15.9 Å². The molecule has 24 heavy (non-hydrogen) atoms. The number of para-hydroxylation sites is 1. The normalized spacial score (nSPS) is 10.7. The van der Waals surface area contributed by atoms with Gasteiger partial charge in [0.1, 0.15) is 5.69 Å². The number of pyridine rings is 1. The highest BCUT2D eigenvalue weighted by Gasteiger charge is 2.17. The lowest BCUT2D eigenvalue weighted by Crippen LogP contribution is -2.13. The number of fused-ring (bicyclic) bond motifs is 1. The molecule has 0 aliphatic carbocycles. The van der Waals surface area contributed by atoms with Crippen molar-refractivity contribution in [2.24, 2.45) is 0 Å². The molecule has 4 aromatic rings. The summed E-state index contributed by atoms with van der Waals surface area (Å²) in [5.41, 5.74) is 4.56. The molecule has 4 rings (SSSR count). The lowest BCUT2D eigenvalue weighted by molar-refractivity contribution is 0.102. The number of hydrogen-bond acceptors (Lipinski definition) is 4. The fourth-order valence-electron chi connectivity index (χ4n) is 2.59. The molecule has 2 heterocycles. The number of anilines is 1. The number of benzene rings is 2. The smallest absolute Gasteiger partial charge is 0.275 e. The number of thiazole rings is 1. The average Bonchev–Trinajstić information content (AvgIpc) is 3.13. The zero-order valence-electron chi connectivity index (χ0n) is 12.6. The Labute approximate surface area is 142 Å². The van der Waals surface area contributed by atoms with Crippen molar-refractivity contribution in [3.8, 4) is 10.4 Å². The Bertz CT molecular complexity index is 1010. The van der Waals surface area contributed by atoms with Gasteiger partial charge in [0.2, 0.25) is 0 Å². The van der Waals surface area contributed by atoms with Crippen molar-refractivity contribution in [3.63, 3.8) is 0 Å². The van der Waals surface area contributed by atoms with Crippen molar-refractivity contribution in [1.29, 1.82) is 0 Å². The predicted octanol–water partition coefficient (Wildman–Crippen LogP) is 4.61. The van der Waals surface area contributed by atoms with Crippen molar-refractivity contribution in [3.05, 3.63) is 78.1 Å². The number of amides is 1. The van der Waals surface area contributed by atoms with Gasteiger partial charge in [-0.25, -0.2) is 4.98 Å². The summed E-state index contributed by atoms with van der Waals surface area (Å²) in [6.07, 6.45) is 1.72. The standard InChI is InChI=1S/C19H13N3OS/c23-19(17-18(24-12-21-17)14-6-2-1-3-7-14)22-15-10-4-8-13-9-5-11-20-16(13)15/h1-12H,(H,22,23). The highest BCUT2D eigenvalue weighted by molar-refractivity contribution is 7.13. The van der Waals surface area contributed by atoms with Gasteiger partial charge in [0.05, 0.1) is 21.6 Å². The van der Waals surface area contributed by atoms with Crippen LogP contribution in [0.15, 0.2) is 72.4 Å². The maximum absolute atomic E-state index is 12.7. The van der Waals surface area contributed by atoms with Crippen molar-refractivity contribution in [2.75, 3.05) is 5.32 Å². The number of aromatic nitrogens is 2. The molecule has 0 saturated heterocycles. The summed E-state index contributed by atoms with van der Waals surface area (Å²) in [5, 5.41) is 3.92. The molecule has 0 saturated carbocycles. The van der Waals surface area contributed by atoms with Crippen LogP contribution < -0.4 is 5.32 Å². The highest BCUT2D eigenvalue weighted by Crippen LogP contribution is 2.28. The third kappa shape index (κ3) is 2.66. The van der Waals surface area contributed by atoms with E-state index in [0.29, 0.717) is 11.4 Å². The Balaban J connectivity index is 1.70. The van der Waals surface area contributed by atoms with Crippen LogP contribution in [0.5, 0.6) is 0 Å². The number of nitrogens with zero attached hydrogens (tertiary/aromatic N) is 2. The molecule has 0 radical (unpaired) electrons. The first kappa shape index (κ1) is 14.5. The molecule has 2 aromatic heterocycles. The van der Waals surface area contributed by atoms with Crippen LogP contribution in [0.2, 0.25) is 0 Å². The quantitative estimate of drug-likeness (QED) is 0.596. The van der Waals surface area contributed by atoms with E-state index in [9.17, 15) is 4.79 Å². The lowest BCUT2D eigenvalue weighted by atomic mass is 10.1. The molecule has 0 aliphatic heterocycles. The van der Waals surface area contributed by atoms with Gasteiger partial charge >= 0.3 is 0 Å². The molecule has 1 amide bonds. The Hall–Kier alpha value is -3.05. The SMILES string of the molecule is O=C(Nc1cccc2cccnc12)c1ncsc1-c1ccccc1. The topological polar surface area (TPSA) is 54.9 Å². The number of hydrogen-bond donors (Lipinski definition) is 1. The Morgan fingerprint density at radius 1 is 0.917 bits per heavy atom. The zero-order valence-corrected chi connectivity index (χ0v) is 13.5. The van der Waals surface area contributed by atoms with Gasteiger partial charge in [0, 0.05) is 11.6 Å². The van der Waals surface area contributed by atoms with E-state index in [1.807, 2.05) is 60.7 Å². The van der Waals surface area contributed by atoms with Gasteiger partial charge < -0.3 is 5.32 Å². The van der Waals surface area contributed by atoms with Crippen LogP contribution >= 0.6 is 11.3 Å². The van der Waals surface area contributed by atoms with E-state index in [1.54, 1.807) is 11.7 Å². The zero-order chi connectivity index (χ0) is 16.4. The number of nitrogens with one attached hydrogen (secondary N) is 1. The fraction of sp³-hybridized carbons (Fsp3) is 0. The van der Waals surface area contributed by atoms with E-state index in [0.717, 1.165) is 21.3 Å². The molecule has 0 aliphatic rings. The van der Waals surface area contributed by atoms with E-state index < -0.39 is 0 Å². The van der Waals surface area contributed by atoms with E-state index >= 15 is 0 Å². The molecule has 5 heteroatoms. The van der Waals surface area contributed by atoms with Gasteiger partial charge in [-0.2, -0.15) is 0 Å². The van der Waals surface area contributed by atoms with Crippen LogP contribution in [0.4, 0.5) is 5.69 Å². The maximum atomic E-state index is 12.7. The number of carbonyl (C=O) groups is 1. The van der Waals surface area contributed by atoms with Gasteiger partial charge in [-0.15, -0.1) is 11.3 Å². The van der Waals surface area contributed by atoms with Gasteiger partial charge in [-0.1, -0.05) is 48.5 Å². The second kappa shape index (κ2) is 6.22. The van der Waals surface area contributed by atoms with Crippen molar-refractivity contribution in [1.82, 2.24) is 9.97 Å². The second-order valence-electron chi connectivity index (χ2n) is 5.23. The minimum atomic E-state index is -0.228. The molecule has 116 valence electrons. The molecular formula is C19H13N3OS. The summed E-state index contributed by atoms with van der Waals surface area (Å²) in [4.78, 5) is 22.2. The molecule has 1 N–H and O–H groups in total. The summed E-state index contributed by atoms with van der Waals surface area (Å²) in [7, 11) is 0. The predicted molar refractivity (Wildman–Crippen MR) is 97.2 cm³/mol. The molecule has 0 bridgehead atoms. The summed E-state index contributed by atoms with van der Waals surface area (Å²) < 4.78 is 0. The molecule has 2 aromatic carbocycles. The maximum Gasteiger partial charge on any atom is 0.275 e. The van der Waals surface area contributed by atoms with E-state index in [-0.39, 0.29) is 5.91 Å². The minimum Gasteiger partial charge on any atom is -0.319 e. The van der Waals surface area contributed by atoms with Gasteiger partial charge in [0.25, 0.3) is 5.91 Å². The third-order valence-corrected chi connectivity index (χ3v) is 4.57. The fourth-order valence-corrected chi connectivity index (χ4v) is 3.38. The van der Waals surface area contributed by atoms with Crippen LogP contribution in [0.1, 0.15) is 10.5 Å². The van der Waals surface area contributed by atoms with Crippen LogP contribution in [0, 0.1) is 0 Å². The molecule has 0 spiro atoms. The first-order chi connectivity index (χ1) is 11.8. The van der Waals surface area contributed by atoms with Crippen molar-refractivity contribution in [2.45, 2.75) is 0 Å². The Kier molecular flexibility index (Phi) is 3.76. The van der Waals surface area contributed by atoms with Crippen LogP contribution in [0.25, 0.3) is 21.3 Å². The summed E-state index contributed by atoms with van der Waals surface area (Å²) in [5.74, 6) is -0.228. The van der Waals surface area contributed by atoms with Gasteiger partial charge in [-0.05, 0) is 17.7 Å². The molecular weight excluding hydrogens is 318 g/mol. The van der Waals surface area contributed by atoms with Crippen LogP contribution in [-0.2, 0) is 0 Å². The molecule has 4 nitrogen and oxygen atoms in total. The van der Waals surface area contributed by atoms with Crippen molar-refractivity contribution < 1.29 is 4.79 Å². The monoisotopic (exact) mass is 331 g/mol. The average molecular weight is 331 g/mol.